The fourth-order valence-corrected chi connectivity index (χ4v) is 2.35. The smallest absolute Gasteiger partial charge is 0.0235 e. The minimum absolute atomic E-state index is 0.756. The number of likely N-dealkylation sites (N-methyl/N-ethyl adjacent to an activating group) is 1. The molecule has 0 bridgehead atoms. The Labute approximate surface area is 81.7 Å². The van der Waals surface area contributed by atoms with Crippen LogP contribution in [0.15, 0.2) is 0 Å². The van der Waals surface area contributed by atoms with Crippen LogP contribution in [0.1, 0.15) is 33.1 Å². The lowest BCUT2D eigenvalue weighted by molar-refractivity contribution is 0.241. The van der Waals surface area contributed by atoms with Crippen molar-refractivity contribution in [1.82, 2.24) is 10.2 Å². The molecule has 2 aliphatic rings. The molecule has 13 heavy (non-hydrogen) atoms. The van der Waals surface area contributed by atoms with E-state index in [0.29, 0.717) is 0 Å². The second kappa shape index (κ2) is 3.58. The van der Waals surface area contributed by atoms with Gasteiger partial charge < -0.3 is 5.32 Å². The molecule has 1 saturated heterocycles. The van der Waals surface area contributed by atoms with Gasteiger partial charge in [-0.3, -0.25) is 4.90 Å². The van der Waals surface area contributed by atoms with Crippen LogP contribution in [0.3, 0.4) is 0 Å². The molecule has 2 rings (SSSR count). The number of hydrogen-bond donors (Lipinski definition) is 1. The molecule has 1 heterocycles. The summed E-state index contributed by atoms with van der Waals surface area (Å²) in [6, 6.07) is 2.48. The van der Waals surface area contributed by atoms with Gasteiger partial charge in [0.15, 0.2) is 0 Å². The highest BCUT2D eigenvalue weighted by Gasteiger charge is 2.35. The van der Waals surface area contributed by atoms with Crippen molar-refractivity contribution in [1.29, 1.82) is 0 Å². The van der Waals surface area contributed by atoms with E-state index in [1.807, 2.05) is 0 Å². The highest BCUT2D eigenvalue weighted by atomic mass is 15.2. The summed E-state index contributed by atoms with van der Waals surface area (Å²) in [5, 5.41) is 3.63. The summed E-state index contributed by atoms with van der Waals surface area (Å²) >= 11 is 0. The van der Waals surface area contributed by atoms with Crippen LogP contribution < -0.4 is 5.32 Å². The van der Waals surface area contributed by atoms with Crippen LogP contribution in [-0.2, 0) is 0 Å². The van der Waals surface area contributed by atoms with Crippen LogP contribution >= 0.6 is 0 Å². The fraction of sp³-hybridized carbons (Fsp3) is 1.00. The zero-order valence-electron chi connectivity index (χ0n) is 9.09. The molecule has 2 nitrogen and oxygen atoms in total. The average Bonchev–Trinajstić information content (AvgIpc) is 2.81. The Morgan fingerprint density at radius 1 is 1.23 bits per heavy atom. The van der Waals surface area contributed by atoms with Gasteiger partial charge in [-0.1, -0.05) is 13.8 Å². The van der Waals surface area contributed by atoms with Crippen molar-refractivity contribution in [3.05, 3.63) is 0 Å². The first kappa shape index (κ1) is 9.47. The molecular weight excluding hydrogens is 160 g/mol. The Balaban J connectivity index is 1.82. The third kappa shape index (κ3) is 2.05. The third-order valence-corrected chi connectivity index (χ3v) is 3.65. The van der Waals surface area contributed by atoms with Crippen molar-refractivity contribution in [3.63, 3.8) is 0 Å². The topological polar surface area (TPSA) is 15.3 Å². The molecule has 1 aliphatic heterocycles. The Morgan fingerprint density at radius 2 is 1.92 bits per heavy atom. The van der Waals surface area contributed by atoms with Gasteiger partial charge in [-0.25, -0.2) is 0 Å². The lowest BCUT2D eigenvalue weighted by Gasteiger charge is -2.23. The van der Waals surface area contributed by atoms with Gasteiger partial charge in [0.2, 0.25) is 0 Å². The molecule has 0 spiro atoms. The predicted octanol–water partition coefficient (Wildman–Crippen LogP) is 1.47. The standard InChI is InChI=1S/C11H22N2/c1-8(2)11-6-10(7-12-11)13(3)9-4-5-9/h8-12H,4-7H2,1-3H3. The summed E-state index contributed by atoms with van der Waals surface area (Å²) in [6.45, 7) is 5.84. The molecule has 0 aromatic heterocycles. The van der Waals surface area contributed by atoms with Crippen LogP contribution in [-0.4, -0.2) is 36.6 Å². The maximum absolute atomic E-state index is 3.63. The molecule has 2 unspecified atom stereocenters. The van der Waals surface area contributed by atoms with Gasteiger partial charge in [-0.15, -0.1) is 0 Å². The summed E-state index contributed by atoms with van der Waals surface area (Å²) < 4.78 is 0. The minimum atomic E-state index is 0.756. The van der Waals surface area contributed by atoms with Gasteiger partial charge >= 0.3 is 0 Å². The number of hydrogen-bond acceptors (Lipinski definition) is 2. The normalized spacial score (nSPS) is 34.8. The first-order valence-electron chi connectivity index (χ1n) is 5.64. The van der Waals surface area contributed by atoms with Crippen LogP contribution in [0.2, 0.25) is 0 Å². The Bertz CT molecular complexity index is 175. The van der Waals surface area contributed by atoms with E-state index in [2.05, 4.69) is 31.1 Å². The molecule has 0 aromatic carbocycles. The van der Waals surface area contributed by atoms with Crippen molar-refractivity contribution in [2.75, 3.05) is 13.6 Å². The summed E-state index contributed by atoms with van der Waals surface area (Å²) in [5.41, 5.74) is 0. The lowest BCUT2D eigenvalue weighted by Crippen LogP contribution is -2.34. The quantitative estimate of drug-likeness (QED) is 0.711. The zero-order valence-corrected chi connectivity index (χ0v) is 9.09. The SMILES string of the molecule is CC(C)C1CC(N(C)C2CC2)CN1. The highest BCUT2D eigenvalue weighted by molar-refractivity contribution is 4.94. The van der Waals surface area contributed by atoms with E-state index in [-0.39, 0.29) is 0 Å². The van der Waals surface area contributed by atoms with E-state index in [0.717, 1.165) is 24.0 Å². The maximum Gasteiger partial charge on any atom is 0.0235 e. The van der Waals surface area contributed by atoms with Gasteiger partial charge in [0, 0.05) is 24.7 Å². The Morgan fingerprint density at radius 3 is 2.38 bits per heavy atom. The van der Waals surface area contributed by atoms with E-state index in [4.69, 9.17) is 0 Å². The zero-order chi connectivity index (χ0) is 9.42. The molecule has 2 atom stereocenters. The first-order valence-corrected chi connectivity index (χ1v) is 5.64. The van der Waals surface area contributed by atoms with Gasteiger partial charge in [0.05, 0.1) is 0 Å². The van der Waals surface area contributed by atoms with E-state index in [1.165, 1.54) is 25.8 Å². The van der Waals surface area contributed by atoms with Gasteiger partial charge in [0.1, 0.15) is 0 Å². The van der Waals surface area contributed by atoms with Crippen molar-refractivity contribution in [2.24, 2.45) is 5.92 Å². The summed E-state index contributed by atoms with van der Waals surface area (Å²) in [7, 11) is 2.30. The van der Waals surface area contributed by atoms with E-state index in [9.17, 15) is 0 Å². The fourth-order valence-electron chi connectivity index (χ4n) is 2.35. The largest absolute Gasteiger partial charge is 0.312 e. The van der Waals surface area contributed by atoms with E-state index in [1.54, 1.807) is 0 Å². The second-order valence-electron chi connectivity index (χ2n) is 5.04. The van der Waals surface area contributed by atoms with E-state index < -0.39 is 0 Å². The van der Waals surface area contributed by atoms with Gasteiger partial charge in [-0.05, 0) is 32.2 Å². The average molecular weight is 182 g/mol. The minimum Gasteiger partial charge on any atom is -0.312 e. The Kier molecular flexibility index (Phi) is 2.61. The first-order chi connectivity index (χ1) is 6.18. The predicted molar refractivity (Wildman–Crippen MR) is 55.8 cm³/mol. The van der Waals surface area contributed by atoms with Crippen molar-refractivity contribution < 1.29 is 0 Å². The lowest BCUT2D eigenvalue weighted by atomic mass is 10.0. The molecule has 1 N–H and O–H groups in total. The van der Waals surface area contributed by atoms with Crippen molar-refractivity contribution >= 4 is 0 Å². The van der Waals surface area contributed by atoms with Crippen LogP contribution in [0, 0.1) is 5.92 Å². The monoisotopic (exact) mass is 182 g/mol. The molecule has 0 aromatic rings. The van der Waals surface area contributed by atoms with E-state index >= 15 is 0 Å². The van der Waals surface area contributed by atoms with Gasteiger partial charge in [0.25, 0.3) is 0 Å². The van der Waals surface area contributed by atoms with Crippen LogP contribution in [0.5, 0.6) is 0 Å². The molecule has 76 valence electrons. The molecule has 1 saturated carbocycles. The highest BCUT2D eigenvalue weighted by Crippen LogP contribution is 2.30. The van der Waals surface area contributed by atoms with Crippen LogP contribution in [0.4, 0.5) is 0 Å². The summed E-state index contributed by atoms with van der Waals surface area (Å²) in [4.78, 5) is 2.59. The molecule has 2 fully saturated rings. The van der Waals surface area contributed by atoms with Crippen molar-refractivity contribution in [3.8, 4) is 0 Å². The molecule has 0 radical (unpaired) electrons. The summed E-state index contributed by atoms with van der Waals surface area (Å²) in [5.74, 6) is 0.789. The van der Waals surface area contributed by atoms with Crippen LogP contribution in [0.25, 0.3) is 0 Å². The number of rotatable bonds is 3. The maximum atomic E-state index is 3.63. The molecule has 0 amide bonds. The third-order valence-electron chi connectivity index (χ3n) is 3.65. The number of nitrogens with zero attached hydrogens (tertiary/aromatic N) is 1. The number of nitrogens with one attached hydrogen (secondary N) is 1. The molecule has 2 heteroatoms. The molecule has 1 aliphatic carbocycles. The second-order valence-corrected chi connectivity index (χ2v) is 5.04. The summed E-state index contributed by atoms with van der Waals surface area (Å²) in [6.07, 6.45) is 4.21. The van der Waals surface area contributed by atoms with Crippen molar-refractivity contribution in [2.45, 2.75) is 51.2 Å². The Hall–Kier alpha value is -0.0800. The van der Waals surface area contributed by atoms with Gasteiger partial charge in [-0.2, -0.15) is 0 Å². The molecular formula is C11H22N2.